The van der Waals surface area contributed by atoms with Crippen LogP contribution in [0.5, 0.6) is 11.5 Å². The van der Waals surface area contributed by atoms with E-state index in [9.17, 15) is 4.39 Å². The van der Waals surface area contributed by atoms with Crippen LogP contribution in [0.2, 0.25) is 0 Å². The van der Waals surface area contributed by atoms with Crippen molar-refractivity contribution in [3.05, 3.63) is 60.2 Å². The summed E-state index contributed by atoms with van der Waals surface area (Å²) in [4.78, 5) is 6.57. The van der Waals surface area contributed by atoms with Gasteiger partial charge in [0.2, 0.25) is 11.7 Å². The van der Waals surface area contributed by atoms with E-state index in [1.54, 1.807) is 12.1 Å². The van der Waals surface area contributed by atoms with E-state index >= 15 is 0 Å². The van der Waals surface area contributed by atoms with Crippen molar-refractivity contribution in [2.75, 3.05) is 19.7 Å². The summed E-state index contributed by atoms with van der Waals surface area (Å²) in [5.74, 6) is 2.20. The molecule has 1 aromatic heterocycles. The number of aromatic nitrogens is 2. The molecule has 140 valence electrons. The average molecular weight is 369 g/mol. The molecule has 2 aromatic carbocycles. The van der Waals surface area contributed by atoms with E-state index in [0.29, 0.717) is 31.4 Å². The van der Waals surface area contributed by atoms with Gasteiger partial charge in [0.25, 0.3) is 0 Å². The Morgan fingerprint density at radius 2 is 1.89 bits per heavy atom. The van der Waals surface area contributed by atoms with Gasteiger partial charge in [-0.2, -0.15) is 4.98 Å². The standard InChI is InChI=1S/C20H20FN3O3/c1-2-24(11-16-13-25-17-5-3-4-6-18(17)26-16)12-19-22-20(23-27-19)14-7-9-15(21)10-8-14/h3-10,16H,2,11-13H2,1H3. The summed E-state index contributed by atoms with van der Waals surface area (Å²) in [5.41, 5.74) is 0.718. The lowest BCUT2D eigenvalue weighted by atomic mass is 10.2. The molecule has 0 saturated heterocycles. The molecular formula is C20H20FN3O3. The lowest BCUT2D eigenvalue weighted by molar-refractivity contribution is 0.0551. The summed E-state index contributed by atoms with van der Waals surface area (Å²) in [7, 11) is 0. The minimum absolute atomic E-state index is 0.0701. The molecule has 1 aliphatic heterocycles. The largest absolute Gasteiger partial charge is 0.486 e. The highest BCUT2D eigenvalue weighted by Gasteiger charge is 2.23. The Morgan fingerprint density at radius 3 is 2.67 bits per heavy atom. The average Bonchev–Trinajstić information content (AvgIpc) is 3.16. The van der Waals surface area contributed by atoms with Crippen molar-refractivity contribution in [3.8, 4) is 22.9 Å². The molecule has 0 amide bonds. The van der Waals surface area contributed by atoms with Gasteiger partial charge in [0.1, 0.15) is 18.5 Å². The van der Waals surface area contributed by atoms with E-state index in [4.69, 9.17) is 14.0 Å². The highest BCUT2D eigenvalue weighted by atomic mass is 19.1. The Hall–Kier alpha value is -2.93. The van der Waals surface area contributed by atoms with Crippen LogP contribution in [0.1, 0.15) is 12.8 Å². The molecule has 4 rings (SSSR count). The van der Waals surface area contributed by atoms with Gasteiger partial charge in [-0.15, -0.1) is 0 Å². The molecule has 1 atom stereocenters. The summed E-state index contributed by atoms with van der Waals surface area (Å²) in [6.45, 7) is 4.55. The van der Waals surface area contributed by atoms with Crippen LogP contribution in [0.4, 0.5) is 4.39 Å². The number of halogens is 1. The molecule has 7 heteroatoms. The number of likely N-dealkylation sites (N-methyl/N-ethyl adjacent to an activating group) is 1. The van der Waals surface area contributed by atoms with Crippen LogP contribution in [0.15, 0.2) is 53.1 Å². The normalized spacial score (nSPS) is 15.9. The minimum Gasteiger partial charge on any atom is -0.486 e. The predicted octanol–water partition coefficient (Wildman–Crippen LogP) is 3.54. The molecule has 1 aliphatic rings. The zero-order valence-electron chi connectivity index (χ0n) is 15.0. The predicted molar refractivity (Wildman–Crippen MR) is 97.0 cm³/mol. The second-order valence-corrected chi connectivity index (χ2v) is 6.34. The van der Waals surface area contributed by atoms with E-state index in [2.05, 4.69) is 22.0 Å². The lowest BCUT2D eigenvalue weighted by Gasteiger charge is -2.30. The fourth-order valence-electron chi connectivity index (χ4n) is 2.97. The van der Waals surface area contributed by atoms with Crippen molar-refractivity contribution < 1.29 is 18.4 Å². The molecule has 27 heavy (non-hydrogen) atoms. The molecule has 0 aliphatic carbocycles. The third kappa shape index (κ3) is 4.09. The Balaban J connectivity index is 1.39. The van der Waals surface area contributed by atoms with E-state index in [1.807, 2.05) is 24.3 Å². The molecule has 6 nitrogen and oxygen atoms in total. The first kappa shape index (κ1) is 17.5. The Morgan fingerprint density at radius 1 is 1.11 bits per heavy atom. The first-order valence-electron chi connectivity index (χ1n) is 8.90. The Labute approximate surface area is 156 Å². The van der Waals surface area contributed by atoms with Crippen LogP contribution >= 0.6 is 0 Å². The van der Waals surface area contributed by atoms with E-state index in [1.165, 1.54) is 12.1 Å². The van der Waals surface area contributed by atoms with Gasteiger partial charge >= 0.3 is 0 Å². The monoisotopic (exact) mass is 369 g/mol. The van der Waals surface area contributed by atoms with E-state index in [-0.39, 0.29) is 11.9 Å². The first-order valence-corrected chi connectivity index (χ1v) is 8.90. The van der Waals surface area contributed by atoms with E-state index in [0.717, 1.165) is 23.6 Å². The Kier molecular flexibility index (Phi) is 5.02. The number of hydrogen-bond acceptors (Lipinski definition) is 6. The molecule has 0 fully saturated rings. The van der Waals surface area contributed by atoms with E-state index < -0.39 is 0 Å². The minimum atomic E-state index is -0.295. The van der Waals surface area contributed by atoms with Gasteiger partial charge in [0.15, 0.2) is 11.5 Å². The first-order chi connectivity index (χ1) is 13.2. The van der Waals surface area contributed by atoms with Crippen molar-refractivity contribution in [2.45, 2.75) is 19.6 Å². The van der Waals surface area contributed by atoms with Crippen molar-refractivity contribution in [1.82, 2.24) is 15.0 Å². The van der Waals surface area contributed by atoms with Crippen molar-refractivity contribution >= 4 is 0 Å². The molecular weight excluding hydrogens is 349 g/mol. The highest BCUT2D eigenvalue weighted by Crippen LogP contribution is 2.31. The van der Waals surface area contributed by atoms with Gasteiger partial charge < -0.3 is 14.0 Å². The number of nitrogens with zero attached hydrogens (tertiary/aromatic N) is 3. The molecule has 0 N–H and O–H groups in total. The third-order valence-electron chi connectivity index (χ3n) is 4.41. The molecule has 0 radical (unpaired) electrons. The molecule has 0 spiro atoms. The fourth-order valence-corrected chi connectivity index (χ4v) is 2.97. The number of rotatable bonds is 6. The second-order valence-electron chi connectivity index (χ2n) is 6.34. The highest BCUT2D eigenvalue weighted by molar-refractivity contribution is 5.53. The quantitative estimate of drug-likeness (QED) is 0.662. The zero-order valence-corrected chi connectivity index (χ0v) is 15.0. The van der Waals surface area contributed by atoms with Gasteiger partial charge in [-0.1, -0.05) is 24.2 Å². The van der Waals surface area contributed by atoms with Crippen LogP contribution in [0.3, 0.4) is 0 Å². The second kappa shape index (κ2) is 7.75. The number of fused-ring (bicyclic) bond motifs is 1. The van der Waals surface area contributed by atoms with Crippen LogP contribution in [-0.2, 0) is 6.54 Å². The number of para-hydroxylation sites is 2. The maximum atomic E-state index is 13.0. The van der Waals surface area contributed by atoms with Gasteiger partial charge in [0.05, 0.1) is 6.54 Å². The van der Waals surface area contributed by atoms with Crippen molar-refractivity contribution in [1.29, 1.82) is 0 Å². The van der Waals surface area contributed by atoms with Gasteiger partial charge in [0, 0.05) is 12.1 Å². The molecule has 2 heterocycles. The molecule has 3 aromatic rings. The summed E-state index contributed by atoms with van der Waals surface area (Å²) < 4.78 is 30.2. The SMILES string of the molecule is CCN(Cc1nc(-c2ccc(F)cc2)no1)CC1COc2ccccc2O1. The summed E-state index contributed by atoms with van der Waals surface area (Å²) in [5, 5.41) is 3.99. The summed E-state index contributed by atoms with van der Waals surface area (Å²) in [6.07, 6.45) is -0.0701. The van der Waals surface area contributed by atoms with Gasteiger partial charge in [-0.05, 0) is 42.9 Å². The number of benzene rings is 2. The Bertz CT molecular complexity index is 897. The van der Waals surface area contributed by atoms with Crippen LogP contribution < -0.4 is 9.47 Å². The maximum absolute atomic E-state index is 13.0. The summed E-state index contributed by atoms with van der Waals surface area (Å²) >= 11 is 0. The number of ether oxygens (including phenoxy) is 2. The molecule has 0 bridgehead atoms. The summed E-state index contributed by atoms with van der Waals surface area (Å²) in [6, 6.07) is 13.7. The van der Waals surface area contributed by atoms with Crippen LogP contribution in [0.25, 0.3) is 11.4 Å². The topological polar surface area (TPSA) is 60.6 Å². The van der Waals surface area contributed by atoms with Gasteiger partial charge in [-0.25, -0.2) is 4.39 Å². The van der Waals surface area contributed by atoms with Crippen LogP contribution in [-0.4, -0.2) is 40.8 Å². The smallest absolute Gasteiger partial charge is 0.241 e. The lowest BCUT2D eigenvalue weighted by Crippen LogP contribution is -2.40. The third-order valence-corrected chi connectivity index (χ3v) is 4.41. The maximum Gasteiger partial charge on any atom is 0.241 e. The van der Waals surface area contributed by atoms with Crippen molar-refractivity contribution in [2.24, 2.45) is 0 Å². The van der Waals surface area contributed by atoms with Crippen molar-refractivity contribution in [3.63, 3.8) is 0 Å². The zero-order chi connectivity index (χ0) is 18.6. The number of hydrogen-bond donors (Lipinski definition) is 0. The van der Waals surface area contributed by atoms with Gasteiger partial charge in [-0.3, -0.25) is 4.90 Å². The molecule has 1 unspecified atom stereocenters. The van der Waals surface area contributed by atoms with Crippen LogP contribution in [0, 0.1) is 5.82 Å². The molecule has 0 saturated carbocycles. The fraction of sp³-hybridized carbons (Fsp3) is 0.300.